The maximum Gasteiger partial charge on any atom is 0.261 e. The number of hydrogen-bond donors (Lipinski definition) is 2. The summed E-state index contributed by atoms with van der Waals surface area (Å²) in [4.78, 5) is 12.3. The fourth-order valence-electron chi connectivity index (χ4n) is 2.99. The van der Waals surface area contributed by atoms with Crippen LogP contribution in [0.4, 0.5) is 5.69 Å². The molecular formula is C24H25ClN2O5S. The zero-order valence-corrected chi connectivity index (χ0v) is 20.0. The Balaban J connectivity index is 1.55. The molecule has 0 saturated carbocycles. The van der Waals surface area contributed by atoms with E-state index >= 15 is 0 Å². The number of hydrogen-bond acceptors (Lipinski definition) is 5. The Bertz CT molecular complexity index is 1210. The summed E-state index contributed by atoms with van der Waals surface area (Å²) in [6, 6.07) is 17.9. The van der Waals surface area contributed by atoms with Gasteiger partial charge in [-0.15, -0.1) is 0 Å². The Hall–Kier alpha value is -3.23. The quantitative estimate of drug-likeness (QED) is 0.454. The number of halogens is 1. The average Bonchev–Trinajstić information content (AvgIpc) is 2.80. The van der Waals surface area contributed by atoms with Crippen LogP contribution in [0, 0.1) is 6.92 Å². The minimum atomic E-state index is -3.80. The number of carbonyl (C=O) groups excluding carboxylic acids is 1. The number of carbonyl (C=O) groups is 1. The van der Waals surface area contributed by atoms with Crippen LogP contribution in [0.25, 0.3) is 0 Å². The van der Waals surface area contributed by atoms with Crippen molar-refractivity contribution in [2.75, 3.05) is 18.4 Å². The van der Waals surface area contributed by atoms with Gasteiger partial charge in [0.15, 0.2) is 6.61 Å². The topological polar surface area (TPSA) is 93.7 Å². The number of amides is 1. The van der Waals surface area contributed by atoms with Gasteiger partial charge in [-0.2, -0.15) is 0 Å². The molecule has 0 saturated heterocycles. The predicted octanol–water partition coefficient (Wildman–Crippen LogP) is 4.71. The number of anilines is 1. The molecule has 174 valence electrons. The highest BCUT2D eigenvalue weighted by Gasteiger charge is 2.15. The number of aryl methyl sites for hydroxylation is 1. The molecule has 2 N–H and O–H groups in total. The van der Waals surface area contributed by atoms with Crippen molar-refractivity contribution >= 4 is 33.2 Å². The number of rotatable bonds is 9. The van der Waals surface area contributed by atoms with Crippen molar-refractivity contribution in [2.45, 2.75) is 24.8 Å². The molecule has 1 amide bonds. The average molecular weight is 489 g/mol. The van der Waals surface area contributed by atoms with E-state index in [1.165, 1.54) is 24.3 Å². The highest BCUT2D eigenvalue weighted by Crippen LogP contribution is 2.24. The number of ether oxygens (including phenoxy) is 2. The van der Waals surface area contributed by atoms with Gasteiger partial charge in [-0.1, -0.05) is 29.8 Å². The van der Waals surface area contributed by atoms with Crippen molar-refractivity contribution < 1.29 is 22.7 Å². The van der Waals surface area contributed by atoms with Crippen molar-refractivity contribution in [2.24, 2.45) is 0 Å². The molecule has 3 rings (SSSR count). The van der Waals surface area contributed by atoms with Crippen molar-refractivity contribution in [3.63, 3.8) is 0 Å². The fraction of sp³-hybridized carbons (Fsp3) is 0.208. The van der Waals surface area contributed by atoms with Gasteiger partial charge in [0.1, 0.15) is 11.5 Å². The lowest BCUT2D eigenvalue weighted by atomic mass is 10.1. The third kappa shape index (κ3) is 6.63. The van der Waals surface area contributed by atoms with Gasteiger partial charge < -0.3 is 14.8 Å². The van der Waals surface area contributed by atoms with Crippen LogP contribution in [0.2, 0.25) is 5.02 Å². The fourth-order valence-corrected chi connectivity index (χ4v) is 4.22. The lowest BCUT2D eigenvalue weighted by molar-refractivity contribution is -0.123. The molecule has 3 aromatic carbocycles. The van der Waals surface area contributed by atoms with Crippen molar-refractivity contribution in [1.82, 2.24) is 5.32 Å². The first-order chi connectivity index (χ1) is 15.7. The number of benzene rings is 3. The first kappa shape index (κ1) is 24.4. The molecule has 0 aliphatic carbocycles. The molecule has 0 spiro atoms. The Morgan fingerprint density at radius 3 is 2.24 bits per heavy atom. The lowest BCUT2D eigenvalue weighted by Gasteiger charge is -2.15. The molecule has 7 nitrogen and oxygen atoms in total. The second kappa shape index (κ2) is 10.6. The minimum absolute atomic E-state index is 0.0594. The predicted molar refractivity (Wildman–Crippen MR) is 128 cm³/mol. The summed E-state index contributed by atoms with van der Waals surface area (Å²) in [7, 11) is -2.20. The second-order valence-corrected chi connectivity index (χ2v) is 9.48. The van der Waals surface area contributed by atoms with Gasteiger partial charge in [0, 0.05) is 5.02 Å². The summed E-state index contributed by atoms with van der Waals surface area (Å²) in [5, 5.41) is 3.32. The van der Waals surface area contributed by atoms with E-state index in [1.807, 2.05) is 38.1 Å². The van der Waals surface area contributed by atoms with Crippen molar-refractivity contribution in [1.29, 1.82) is 0 Å². The SMILES string of the molecule is COc1ccc([C@@H](C)NC(=O)COc2ccc(S(=O)(=O)Nc3ccc(C)c(Cl)c3)cc2)cc1. The molecule has 0 fully saturated rings. The van der Waals surface area contributed by atoms with Crippen LogP contribution in [0.5, 0.6) is 11.5 Å². The molecule has 0 radical (unpaired) electrons. The van der Waals surface area contributed by atoms with E-state index in [2.05, 4.69) is 10.0 Å². The van der Waals surface area contributed by atoms with Gasteiger partial charge in [-0.3, -0.25) is 9.52 Å². The van der Waals surface area contributed by atoms with Crippen LogP contribution in [-0.4, -0.2) is 28.0 Å². The van der Waals surface area contributed by atoms with Gasteiger partial charge in [0.25, 0.3) is 15.9 Å². The van der Waals surface area contributed by atoms with Crippen LogP contribution in [-0.2, 0) is 14.8 Å². The third-order valence-corrected chi connectivity index (χ3v) is 6.73. The number of nitrogens with one attached hydrogen (secondary N) is 2. The molecule has 0 aromatic heterocycles. The smallest absolute Gasteiger partial charge is 0.261 e. The summed E-state index contributed by atoms with van der Waals surface area (Å²) in [5.74, 6) is 0.816. The summed E-state index contributed by atoms with van der Waals surface area (Å²) >= 11 is 6.06. The molecule has 3 aromatic rings. The van der Waals surface area contributed by atoms with Crippen LogP contribution in [0.1, 0.15) is 24.1 Å². The van der Waals surface area contributed by atoms with Crippen molar-refractivity contribution in [3.8, 4) is 11.5 Å². The molecular weight excluding hydrogens is 464 g/mol. The Kier molecular flexibility index (Phi) is 7.84. The summed E-state index contributed by atoms with van der Waals surface area (Å²) in [6.45, 7) is 3.50. The molecule has 0 bridgehead atoms. The highest BCUT2D eigenvalue weighted by atomic mass is 35.5. The molecule has 1 atom stereocenters. The van der Waals surface area contributed by atoms with E-state index < -0.39 is 10.0 Å². The summed E-state index contributed by atoms with van der Waals surface area (Å²) < 4.78 is 38.3. The van der Waals surface area contributed by atoms with Gasteiger partial charge >= 0.3 is 0 Å². The first-order valence-electron chi connectivity index (χ1n) is 10.1. The second-order valence-electron chi connectivity index (χ2n) is 7.39. The maximum absolute atomic E-state index is 12.6. The summed E-state index contributed by atoms with van der Waals surface area (Å²) in [6.07, 6.45) is 0. The Morgan fingerprint density at radius 2 is 1.64 bits per heavy atom. The number of methoxy groups -OCH3 is 1. The Labute approximate surface area is 198 Å². The van der Waals surface area contributed by atoms with Crippen LogP contribution < -0.4 is 19.5 Å². The van der Waals surface area contributed by atoms with E-state index in [-0.39, 0.29) is 23.5 Å². The molecule has 0 heterocycles. The van der Waals surface area contributed by atoms with Gasteiger partial charge in [0.2, 0.25) is 0 Å². The van der Waals surface area contributed by atoms with E-state index in [1.54, 1.807) is 25.3 Å². The molecule has 0 aliphatic heterocycles. The molecule has 9 heteroatoms. The van der Waals surface area contributed by atoms with Gasteiger partial charge in [-0.05, 0) is 73.5 Å². The van der Waals surface area contributed by atoms with E-state index in [4.69, 9.17) is 21.1 Å². The van der Waals surface area contributed by atoms with Crippen LogP contribution >= 0.6 is 11.6 Å². The van der Waals surface area contributed by atoms with E-state index in [9.17, 15) is 13.2 Å². The molecule has 33 heavy (non-hydrogen) atoms. The van der Waals surface area contributed by atoms with Crippen LogP contribution in [0.15, 0.2) is 71.6 Å². The van der Waals surface area contributed by atoms with E-state index in [0.717, 1.165) is 16.9 Å². The molecule has 0 unspecified atom stereocenters. The Morgan fingerprint density at radius 1 is 1.00 bits per heavy atom. The zero-order chi connectivity index (χ0) is 24.0. The zero-order valence-electron chi connectivity index (χ0n) is 18.5. The van der Waals surface area contributed by atoms with Crippen LogP contribution in [0.3, 0.4) is 0 Å². The maximum atomic E-state index is 12.6. The van der Waals surface area contributed by atoms with Gasteiger partial charge in [-0.25, -0.2) is 8.42 Å². The standard InChI is InChI=1S/C24H25ClN2O5S/c1-16-4-7-19(14-23(16)25)27-33(29,30)22-12-10-21(11-13-22)32-15-24(28)26-17(2)18-5-8-20(31-3)9-6-18/h4-14,17,27H,15H2,1-3H3,(H,26,28)/t17-/m1/s1. The van der Waals surface area contributed by atoms with Gasteiger partial charge in [0.05, 0.1) is 23.7 Å². The monoisotopic (exact) mass is 488 g/mol. The lowest BCUT2D eigenvalue weighted by Crippen LogP contribution is -2.31. The molecule has 0 aliphatic rings. The largest absolute Gasteiger partial charge is 0.497 e. The minimum Gasteiger partial charge on any atom is -0.497 e. The highest BCUT2D eigenvalue weighted by molar-refractivity contribution is 7.92. The van der Waals surface area contributed by atoms with E-state index in [0.29, 0.717) is 16.5 Å². The normalized spacial score (nSPS) is 12.0. The first-order valence-corrected chi connectivity index (χ1v) is 12.0. The third-order valence-electron chi connectivity index (χ3n) is 4.92. The summed E-state index contributed by atoms with van der Waals surface area (Å²) in [5.41, 5.74) is 2.15. The number of sulfonamides is 1. The van der Waals surface area contributed by atoms with Crippen molar-refractivity contribution in [3.05, 3.63) is 82.9 Å².